The second-order valence-electron chi connectivity index (χ2n) is 7.60. The highest BCUT2D eigenvalue weighted by molar-refractivity contribution is 7.13. The van der Waals surface area contributed by atoms with Crippen molar-refractivity contribution in [3.05, 3.63) is 11.1 Å². The van der Waals surface area contributed by atoms with E-state index in [1.807, 2.05) is 4.90 Å². The van der Waals surface area contributed by atoms with Crippen LogP contribution in [0.1, 0.15) is 39.3 Å². The molecule has 3 rings (SSSR count). The number of carbonyl (C=O) groups is 1. The Morgan fingerprint density at radius 2 is 2.16 bits per heavy atom. The van der Waals surface area contributed by atoms with Gasteiger partial charge in [0.2, 0.25) is 5.91 Å². The summed E-state index contributed by atoms with van der Waals surface area (Å²) in [6.07, 6.45) is 2.58. The third kappa shape index (κ3) is 4.51. The molecule has 25 heavy (non-hydrogen) atoms. The van der Waals surface area contributed by atoms with E-state index in [-0.39, 0.29) is 11.9 Å². The highest BCUT2D eigenvalue weighted by Gasteiger charge is 2.30. The maximum Gasteiger partial charge on any atom is 0.219 e. The summed E-state index contributed by atoms with van der Waals surface area (Å²) in [5.41, 5.74) is 1.13. The molecule has 0 bridgehead atoms. The number of nitrogens with one attached hydrogen (secondary N) is 1. The van der Waals surface area contributed by atoms with E-state index in [2.05, 4.69) is 41.4 Å². The number of piperazine rings is 1. The molecule has 0 saturated carbocycles. The fraction of sp³-hybridized carbons (Fsp3) is 0.778. The molecule has 1 amide bonds. The molecule has 2 aliphatic heterocycles. The van der Waals surface area contributed by atoms with Gasteiger partial charge in [0.25, 0.3) is 0 Å². The minimum Gasteiger partial charge on any atom is -0.360 e. The van der Waals surface area contributed by atoms with E-state index in [0.29, 0.717) is 12.1 Å². The Bertz CT molecular complexity index is 592. The van der Waals surface area contributed by atoms with Gasteiger partial charge in [-0.15, -0.1) is 11.3 Å². The van der Waals surface area contributed by atoms with Gasteiger partial charge in [0, 0.05) is 56.6 Å². The first-order valence-electron chi connectivity index (χ1n) is 9.33. The number of likely N-dealkylation sites (tertiary alicyclic amines) is 1. The molecule has 3 atom stereocenters. The minimum atomic E-state index is 0.177. The Kier molecular flexibility index (Phi) is 5.96. The van der Waals surface area contributed by atoms with Crippen molar-refractivity contribution in [2.45, 2.75) is 58.3 Å². The van der Waals surface area contributed by atoms with E-state index in [0.717, 1.165) is 37.0 Å². The molecular weight excluding hydrogens is 334 g/mol. The van der Waals surface area contributed by atoms with Gasteiger partial charge >= 0.3 is 0 Å². The molecule has 0 aliphatic carbocycles. The fourth-order valence-corrected chi connectivity index (χ4v) is 4.68. The van der Waals surface area contributed by atoms with Crippen LogP contribution < -0.4 is 5.32 Å². The monoisotopic (exact) mass is 365 g/mol. The van der Waals surface area contributed by atoms with E-state index in [4.69, 9.17) is 4.98 Å². The SMILES string of the molecule is CC(=O)N1CC(C)N(Cc2csc(NCC3CCCN3C)n2)CC1C. The summed E-state index contributed by atoms with van der Waals surface area (Å²) in [6, 6.07) is 1.26. The number of hydrogen-bond acceptors (Lipinski definition) is 6. The summed E-state index contributed by atoms with van der Waals surface area (Å²) >= 11 is 1.70. The lowest BCUT2D eigenvalue weighted by molar-refractivity contribution is -0.134. The average molecular weight is 366 g/mol. The first kappa shape index (κ1) is 18.6. The molecule has 140 valence electrons. The summed E-state index contributed by atoms with van der Waals surface area (Å²) in [5.74, 6) is 0.177. The molecule has 1 N–H and O–H groups in total. The fourth-order valence-electron chi connectivity index (χ4n) is 3.97. The quantitative estimate of drug-likeness (QED) is 0.866. The van der Waals surface area contributed by atoms with E-state index < -0.39 is 0 Å². The summed E-state index contributed by atoms with van der Waals surface area (Å²) < 4.78 is 0. The zero-order valence-electron chi connectivity index (χ0n) is 15.9. The van der Waals surface area contributed by atoms with Crippen LogP contribution in [0, 0.1) is 0 Å². The van der Waals surface area contributed by atoms with Crippen molar-refractivity contribution in [2.24, 2.45) is 0 Å². The highest BCUT2D eigenvalue weighted by atomic mass is 32.1. The Balaban J connectivity index is 1.52. The summed E-state index contributed by atoms with van der Waals surface area (Å²) in [4.78, 5) is 23.3. The van der Waals surface area contributed by atoms with Crippen LogP contribution in [0.3, 0.4) is 0 Å². The number of nitrogens with zero attached hydrogens (tertiary/aromatic N) is 4. The molecule has 2 aliphatic rings. The highest BCUT2D eigenvalue weighted by Crippen LogP contribution is 2.22. The largest absolute Gasteiger partial charge is 0.360 e. The van der Waals surface area contributed by atoms with Gasteiger partial charge in [0.1, 0.15) is 0 Å². The smallest absolute Gasteiger partial charge is 0.219 e. The van der Waals surface area contributed by atoms with Crippen molar-refractivity contribution in [3.63, 3.8) is 0 Å². The Morgan fingerprint density at radius 3 is 2.84 bits per heavy atom. The molecule has 1 aromatic rings. The van der Waals surface area contributed by atoms with Crippen molar-refractivity contribution in [3.8, 4) is 0 Å². The number of carbonyl (C=O) groups excluding carboxylic acids is 1. The lowest BCUT2D eigenvalue weighted by atomic mass is 10.1. The van der Waals surface area contributed by atoms with E-state index in [9.17, 15) is 4.79 Å². The number of likely N-dealkylation sites (N-methyl/N-ethyl adjacent to an activating group) is 1. The molecule has 0 radical (unpaired) electrons. The van der Waals surface area contributed by atoms with E-state index in [1.165, 1.54) is 19.4 Å². The predicted octanol–water partition coefficient (Wildman–Crippen LogP) is 2.09. The Labute approximate surface area is 155 Å². The van der Waals surface area contributed by atoms with Crippen molar-refractivity contribution in [1.29, 1.82) is 0 Å². The minimum absolute atomic E-state index is 0.177. The molecule has 6 nitrogen and oxygen atoms in total. The maximum atomic E-state index is 11.7. The zero-order chi connectivity index (χ0) is 18.0. The van der Waals surface area contributed by atoms with Gasteiger partial charge in [0.05, 0.1) is 5.69 Å². The summed E-state index contributed by atoms with van der Waals surface area (Å²) in [7, 11) is 2.20. The molecule has 0 aromatic carbocycles. The van der Waals surface area contributed by atoms with Crippen molar-refractivity contribution >= 4 is 22.4 Å². The van der Waals surface area contributed by atoms with E-state index >= 15 is 0 Å². The number of thiazole rings is 1. The topological polar surface area (TPSA) is 51.7 Å². The van der Waals surface area contributed by atoms with Crippen LogP contribution in [0.4, 0.5) is 5.13 Å². The molecule has 2 saturated heterocycles. The Morgan fingerprint density at radius 1 is 1.36 bits per heavy atom. The molecule has 1 aromatic heterocycles. The third-order valence-electron chi connectivity index (χ3n) is 5.60. The molecular formula is C18H31N5OS. The molecule has 2 fully saturated rings. The lowest BCUT2D eigenvalue weighted by Crippen LogP contribution is -2.57. The predicted molar refractivity (Wildman–Crippen MR) is 103 cm³/mol. The van der Waals surface area contributed by atoms with Gasteiger partial charge in [-0.25, -0.2) is 4.98 Å². The van der Waals surface area contributed by atoms with Crippen LogP contribution in [0.25, 0.3) is 0 Å². The summed E-state index contributed by atoms with van der Waals surface area (Å²) in [6.45, 7) is 10.8. The maximum absolute atomic E-state index is 11.7. The van der Waals surface area contributed by atoms with Crippen molar-refractivity contribution in [2.75, 3.05) is 38.5 Å². The second kappa shape index (κ2) is 8.01. The van der Waals surface area contributed by atoms with Crippen LogP contribution in [0.15, 0.2) is 5.38 Å². The normalized spacial score (nSPS) is 28.5. The number of anilines is 1. The number of hydrogen-bond donors (Lipinski definition) is 1. The van der Waals surface area contributed by atoms with Gasteiger partial charge in [-0.3, -0.25) is 9.69 Å². The third-order valence-corrected chi connectivity index (χ3v) is 6.45. The Hall–Kier alpha value is -1.18. The number of aromatic nitrogens is 1. The molecule has 3 heterocycles. The van der Waals surface area contributed by atoms with Crippen LogP contribution >= 0.6 is 11.3 Å². The van der Waals surface area contributed by atoms with Gasteiger partial charge < -0.3 is 15.1 Å². The van der Waals surface area contributed by atoms with Gasteiger partial charge in [-0.05, 0) is 40.3 Å². The van der Waals surface area contributed by atoms with Crippen LogP contribution in [-0.2, 0) is 11.3 Å². The molecule has 0 spiro atoms. The van der Waals surface area contributed by atoms with Crippen LogP contribution in [-0.4, -0.2) is 76.9 Å². The van der Waals surface area contributed by atoms with Crippen LogP contribution in [0.2, 0.25) is 0 Å². The standard InChI is InChI=1S/C18H31N5OS/c1-13-10-23(15(3)24)14(2)9-22(13)11-16-12-25-18(20-16)19-8-17-6-5-7-21(17)4/h12-14,17H,5-11H2,1-4H3,(H,19,20). The number of amides is 1. The molecule has 3 unspecified atom stereocenters. The first-order chi connectivity index (χ1) is 11.9. The first-order valence-corrected chi connectivity index (χ1v) is 10.2. The zero-order valence-corrected chi connectivity index (χ0v) is 16.7. The van der Waals surface area contributed by atoms with Gasteiger partial charge in [-0.1, -0.05) is 0 Å². The van der Waals surface area contributed by atoms with Crippen molar-refractivity contribution < 1.29 is 4.79 Å². The number of rotatable bonds is 5. The lowest BCUT2D eigenvalue weighted by Gasteiger charge is -2.43. The van der Waals surface area contributed by atoms with Gasteiger partial charge in [0.15, 0.2) is 5.13 Å². The van der Waals surface area contributed by atoms with E-state index in [1.54, 1.807) is 18.3 Å². The van der Waals surface area contributed by atoms with Crippen LogP contribution in [0.5, 0.6) is 0 Å². The molecule has 7 heteroatoms. The second-order valence-corrected chi connectivity index (χ2v) is 8.46. The van der Waals surface area contributed by atoms with Gasteiger partial charge in [-0.2, -0.15) is 0 Å². The van der Waals surface area contributed by atoms with Crippen molar-refractivity contribution in [1.82, 2.24) is 19.7 Å². The summed E-state index contributed by atoms with van der Waals surface area (Å²) in [5, 5.41) is 6.70. The average Bonchev–Trinajstić information content (AvgIpc) is 3.17.